The summed E-state index contributed by atoms with van der Waals surface area (Å²) in [7, 11) is 1.91. The number of nitrogens with zero attached hydrogens (tertiary/aromatic N) is 1. The molecule has 0 saturated carbocycles. The summed E-state index contributed by atoms with van der Waals surface area (Å²) in [5.74, 6) is 2.38. The zero-order valence-corrected chi connectivity index (χ0v) is 11.6. The van der Waals surface area contributed by atoms with E-state index in [2.05, 4.69) is 10.3 Å². The maximum absolute atomic E-state index is 5.73. The van der Waals surface area contributed by atoms with E-state index in [1.54, 1.807) is 6.20 Å². The second-order valence-electron chi connectivity index (χ2n) is 4.67. The third-order valence-corrected chi connectivity index (χ3v) is 2.63. The maximum atomic E-state index is 5.73. The second-order valence-corrected chi connectivity index (χ2v) is 4.67. The molecule has 1 heterocycles. The van der Waals surface area contributed by atoms with Crippen LogP contribution in [0.25, 0.3) is 11.3 Å². The molecule has 1 aromatic carbocycles. The van der Waals surface area contributed by atoms with Gasteiger partial charge in [0.15, 0.2) is 11.7 Å². The Kier molecular flexibility index (Phi) is 4.58. The number of oxazole rings is 1. The predicted octanol–water partition coefficient (Wildman–Crippen LogP) is 2.89. The minimum absolute atomic E-state index is 0.163. The van der Waals surface area contributed by atoms with E-state index in [-0.39, 0.29) is 6.10 Å². The van der Waals surface area contributed by atoms with Crippen LogP contribution in [0.3, 0.4) is 0 Å². The van der Waals surface area contributed by atoms with Crippen LogP contribution in [-0.4, -0.2) is 24.7 Å². The van der Waals surface area contributed by atoms with E-state index in [0.29, 0.717) is 0 Å². The summed E-state index contributed by atoms with van der Waals surface area (Å²) in [6.07, 6.45) is 2.72. The van der Waals surface area contributed by atoms with E-state index in [9.17, 15) is 0 Å². The van der Waals surface area contributed by atoms with E-state index < -0.39 is 0 Å². The average molecular weight is 260 g/mol. The lowest BCUT2D eigenvalue weighted by Gasteiger charge is -2.09. The number of likely N-dealkylation sites (N-methyl/N-ethyl adjacent to an activating group) is 1. The van der Waals surface area contributed by atoms with Crippen molar-refractivity contribution in [2.24, 2.45) is 0 Å². The fourth-order valence-corrected chi connectivity index (χ4v) is 1.79. The first-order valence-electron chi connectivity index (χ1n) is 6.55. The van der Waals surface area contributed by atoms with Crippen LogP contribution in [0.15, 0.2) is 34.9 Å². The van der Waals surface area contributed by atoms with Gasteiger partial charge in [-0.3, -0.25) is 0 Å². The van der Waals surface area contributed by atoms with Crippen molar-refractivity contribution in [1.82, 2.24) is 10.3 Å². The zero-order valence-electron chi connectivity index (χ0n) is 11.6. The third-order valence-electron chi connectivity index (χ3n) is 2.63. The maximum Gasteiger partial charge on any atom is 0.196 e. The molecule has 0 unspecified atom stereocenters. The Morgan fingerprint density at radius 2 is 2.21 bits per heavy atom. The predicted molar refractivity (Wildman–Crippen MR) is 75.3 cm³/mol. The minimum atomic E-state index is 0.163. The van der Waals surface area contributed by atoms with Gasteiger partial charge in [0.1, 0.15) is 5.75 Å². The summed E-state index contributed by atoms with van der Waals surface area (Å²) < 4.78 is 11.4. The summed E-state index contributed by atoms with van der Waals surface area (Å²) >= 11 is 0. The smallest absolute Gasteiger partial charge is 0.196 e. The lowest BCUT2D eigenvalue weighted by atomic mass is 10.2. The Balaban J connectivity index is 2.14. The van der Waals surface area contributed by atoms with Crippen molar-refractivity contribution in [3.63, 3.8) is 0 Å². The number of benzene rings is 1. The Morgan fingerprint density at radius 1 is 1.37 bits per heavy atom. The summed E-state index contributed by atoms with van der Waals surface area (Å²) in [5.41, 5.74) is 0.987. The quantitative estimate of drug-likeness (QED) is 0.867. The van der Waals surface area contributed by atoms with Crippen LogP contribution >= 0.6 is 0 Å². The molecule has 0 atom stereocenters. The molecule has 0 saturated heterocycles. The molecule has 0 amide bonds. The van der Waals surface area contributed by atoms with Crippen molar-refractivity contribution in [2.45, 2.75) is 26.4 Å². The highest BCUT2D eigenvalue weighted by Gasteiger charge is 2.07. The van der Waals surface area contributed by atoms with Crippen LogP contribution in [-0.2, 0) is 6.42 Å². The molecular formula is C15H20N2O2. The van der Waals surface area contributed by atoms with Gasteiger partial charge in [-0.1, -0.05) is 12.1 Å². The van der Waals surface area contributed by atoms with Gasteiger partial charge in [0.25, 0.3) is 0 Å². The molecule has 0 radical (unpaired) electrons. The lowest BCUT2D eigenvalue weighted by molar-refractivity contribution is 0.242. The van der Waals surface area contributed by atoms with Gasteiger partial charge < -0.3 is 14.5 Å². The molecule has 0 fully saturated rings. The molecule has 4 nitrogen and oxygen atoms in total. The number of ether oxygens (including phenoxy) is 1. The highest BCUT2D eigenvalue weighted by molar-refractivity contribution is 5.58. The molecule has 0 bridgehead atoms. The van der Waals surface area contributed by atoms with Gasteiger partial charge >= 0.3 is 0 Å². The van der Waals surface area contributed by atoms with Crippen LogP contribution in [0.1, 0.15) is 19.7 Å². The average Bonchev–Trinajstić information content (AvgIpc) is 2.84. The largest absolute Gasteiger partial charge is 0.491 e. The van der Waals surface area contributed by atoms with Crippen LogP contribution in [0, 0.1) is 0 Å². The first-order chi connectivity index (χ1) is 9.19. The Hall–Kier alpha value is -1.81. The van der Waals surface area contributed by atoms with E-state index in [4.69, 9.17) is 9.15 Å². The molecule has 0 aliphatic rings. The fraction of sp³-hybridized carbons (Fsp3) is 0.400. The molecule has 0 aliphatic heterocycles. The van der Waals surface area contributed by atoms with Crippen LogP contribution < -0.4 is 10.1 Å². The van der Waals surface area contributed by atoms with E-state index in [1.165, 1.54) is 0 Å². The van der Waals surface area contributed by atoms with Crippen molar-refractivity contribution in [1.29, 1.82) is 0 Å². The molecule has 1 aromatic heterocycles. The van der Waals surface area contributed by atoms with Crippen molar-refractivity contribution >= 4 is 0 Å². The standard InChI is InChI=1S/C15H20N2O2/c1-11(2)18-13-6-4-5-12(9-13)14-10-17-15(19-14)7-8-16-3/h4-6,9-11,16H,7-8H2,1-3H3. The Labute approximate surface area is 113 Å². The molecule has 2 aromatic rings. The molecule has 19 heavy (non-hydrogen) atoms. The zero-order chi connectivity index (χ0) is 13.7. The lowest BCUT2D eigenvalue weighted by Crippen LogP contribution is -2.10. The molecule has 2 rings (SSSR count). The molecule has 1 N–H and O–H groups in total. The van der Waals surface area contributed by atoms with Crippen molar-refractivity contribution in [3.05, 3.63) is 36.4 Å². The van der Waals surface area contributed by atoms with Crippen LogP contribution in [0.5, 0.6) is 5.75 Å². The van der Waals surface area contributed by atoms with Crippen molar-refractivity contribution in [2.75, 3.05) is 13.6 Å². The molecule has 0 spiro atoms. The number of nitrogens with one attached hydrogen (secondary N) is 1. The monoisotopic (exact) mass is 260 g/mol. The van der Waals surface area contributed by atoms with Gasteiger partial charge in [0, 0.05) is 18.5 Å². The van der Waals surface area contributed by atoms with Crippen molar-refractivity contribution < 1.29 is 9.15 Å². The van der Waals surface area contributed by atoms with Gasteiger partial charge in [-0.2, -0.15) is 0 Å². The number of hydrogen-bond donors (Lipinski definition) is 1. The van der Waals surface area contributed by atoms with Gasteiger partial charge in [-0.25, -0.2) is 4.98 Å². The Morgan fingerprint density at radius 3 is 2.95 bits per heavy atom. The topological polar surface area (TPSA) is 47.3 Å². The van der Waals surface area contributed by atoms with Crippen LogP contribution in [0.2, 0.25) is 0 Å². The van der Waals surface area contributed by atoms with Crippen LogP contribution in [0.4, 0.5) is 0 Å². The number of rotatable bonds is 6. The van der Waals surface area contributed by atoms with E-state index >= 15 is 0 Å². The first-order valence-corrected chi connectivity index (χ1v) is 6.55. The molecule has 102 valence electrons. The third kappa shape index (κ3) is 3.83. The number of hydrogen-bond acceptors (Lipinski definition) is 4. The SMILES string of the molecule is CNCCc1ncc(-c2cccc(OC(C)C)c2)o1. The highest BCUT2D eigenvalue weighted by atomic mass is 16.5. The normalized spacial score (nSPS) is 10.9. The number of aromatic nitrogens is 1. The fourth-order valence-electron chi connectivity index (χ4n) is 1.79. The van der Waals surface area contributed by atoms with Crippen molar-refractivity contribution in [3.8, 4) is 17.1 Å². The molecule has 4 heteroatoms. The molecular weight excluding hydrogens is 240 g/mol. The summed E-state index contributed by atoms with van der Waals surface area (Å²) in [6.45, 7) is 4.88. The summed E-state index contributed by atoms with van der Waals surface area (Å²) in [5, 5.41) is 3.08. The van der Waals surface area contributed by atoms with Gasteiger partial charge in [-0.05, 0) is 33.0 Å². The van der Waals surface area contributed by atoms with Gasteiger partial charge in [0.05, 0.1) is 12.3 Å². The Bertz CT molecular complexity index is 520. The highest BCUT2D eigenvalue weighted by Crippen LogP contribution is 2.25. The first kappa shape index (κ1) is 13.6. The second kappa shape index (κ2) is 6.38. The summed E-state index contributed by atoms with van der Waals surface area (Å²) in [6, 6.07) is 7.88. The van der Waals surface area contributed by atoms with E-state index in [1.807, 2.05) is 45.2 Å². The van der Waals surface area contributed by atoms with E-state index in [0.717, 1.165) is 35.9 Å². The minimum Gasteiger partial charge on any atom is -0.491 e. The van der Waals surface area contributed by atoms with Gasteiger partial charge in [0.2, 0.25) is 0 Å². The summed E-state index contributed by atoms with van der Waals surface area (Å²) in [4.78, 5) is 4.27. The molecule has 0 aliphatic carbocycles. The van der Waals surface area contributed by atoms with Gasteiger partial charge in [-0.15, -0.1) is 0 Å².